The standard InChI is InChI=1S/C16H25N3O/c1-19(15-11-20-12-15)10-3-2-6-14-8-7-13-5-4-9-17-16(13)18-14/h7-8,15H,2-6,9-12H2,1H3,(H,17,18). The molecule has 4 heteroatoms. The summed E-state index contributed by atoms with van der Waals surface area (Å²) in [5.41, 5.74) is 2.61. The van der Waals surface area contributed by atoms with Crippen LogP contribution in [-0.2, 0) is 17.6 Å². The Morgan fingerprint density at radius 1 is 1.35 bits per heavy atom. The van der Waals surface area contributed by atoms with Crippen LogP contribution in [-0.4, -0.2) is 49.3 Å². The highest BCUT2D eigenvalue weighted by Crippen LogP contribution is 2.20. The molecule has 0 amide bonds. The van der Waals surface area contributed by atoms with E-state index in [4.69, 9.17) is 9.72 Å². The lowest BCUT2D eigenvalue weighted by atomic mass is 10.1. The lowest BCUT2D eigenvalue weighted by molar-refractivity contribution is -0.0561. The van der Waals surface area contributed by atoms with Gasteiger partial charge in [0.25, 0.3) is 0 Å². The smallest absolute Gasteiger partial charge is 0.129 e. The van der Waals surface area contributed by atoms with Gasteiger partial charge in [-0.1, -0.05) is 6.07 Å². The molecule has 0 aliphatic carbocycles. The minimum Gasteiger partial charge on any atom is -0.378 e. The van der Waals surface area contributed by atoms with Crippen LogP contribution in [0.1, 0.15) is 30.5 Å². The van der Waals surface area contributed by atoms with Gasteiger partial charge in [-0.3, -0.25) is 4.90 Å². The molecule has 0 unspecified atom stereocenters. The number of ether oxygens (including phenoxy) is 1. The number of fused-ring (bicyclic) bond motifs is 1. The van der Waals surface area contributed by atoms with Crippen LogP contribution in [0.4, 0.5) is 5.82 Å². The van der Waals surface area contributed by atoms with Gasteiger partial charge in [0.05, 0.1) is 19.3 Å². The van der Waals surface area contributed by atoms with E-state index in [1.807, 2.05) is 0 Å². The van der Waals surface area contributed by atoms with E-state index in [1.165, 1.54) is 36.9 Å². The fourth-order valence-electron chi connectivity index (χ4n) is 2.84. The van der Waals surface area contributed by atoms with Crippen molar-refractivity contribution in [1.82, 2.24) is 9.88 Å². The number of nitrogens with one attached hydrogen (secondary N) is 1. The first-order valence-corrected chi connectivity index (χ1v) is 7.83. The van der Waals surface area contributed by atoms with E-state index in [9.17, 15) is 0 Å². The van der Waals surface area contributed by atoms with Gasteiger partial charge >= 0.3 is 0 Å². The predicted molar refractivity (Wildman–Crippen MR) is 81.2 cm³/mol. The van der Waals surface area contributed by atoms with Crippen LogP contribution in [0.15, 0.2) is 12.1 Å². The van der Waals surface area contributed by atoms with Crippen molar-refractivity contribution < 1.29 is 4.74 Å². The van der Waals surface area contributed by atoms with Gasteiger partial charge in [0.1, 0.15) is 5.82 Å². The van der Waals surface area contributed by atoms with Crippen molar-refractivity contribution in [2.24, 2.45) is 0 Å². The Bertz CT molecular complexity index is 445. The van der Waals surface area contributed by atoms with Gasteiger partial charge in [0.2, 0.25) is 0 Å². The normalized spacial score (nSPS) is 18.5. The Hall–Kier alpha value is -1.13. The number of unbranched alkanes of at least 4 members (excludes halogenated alkanes) is 1. The summed E-state index contributed by atoms with van der Waals surface area (Å²) in [7, 11) is 2.20. The molecule has 20 heavy (non-hydrogen) atoms. The third-order valence-electron chi connectivity index (χ3n) is 4.39. The first-order chi connectivity index (χ1) is 9.83. The Labute approximate surface area is 121 Å². The van der Waals surface area contributed by atoms with Gasteiger partial charge in [0.15, 0.2) is 0 Å². The van der Waals surface area contributed by atoms with E-state index < -0.39 is 0 Å². The second-order valence-corrected chi connectivity index (χ2v) is 5.97. The molecule has 0 atom stereocenters. The van der Waals surface area contributed by atoms with E-state index in [0.717, 1.165) is 38.5 Å². The average molecular weight is 275 g/mol. The fraction of sp³-hybridized carbons (Fsp3) is 0.688. The molecule has 1 aromatic rings. The van der Waals surface area contributed by atoms with Crippen molar-refractivity contribution in [2.45, 2.75) is 38.1 Å². The van der Waals surface area contributed by atoms with Gasteiger partial charge in [-0.25, -0.2) is 4.98 Å². The molecule has 1 N–H and O–H groups in total. The monoisotopic (exact) mass is 275 g/mol. The molecular weight excluding hydrogens is 250 g/mol. The number of rotatable bonds is 6. The van der Waals surface area contributed by atoms with Gasteiger partial charge in [-0.05, 0) is 57.3 Å². The molecule has 1 saturated heterocycles. The number of anilines is 1. The fourth-order valence-corrected chi connectivity index (χ4v) is 2.84. The summed E-state index contributed by atoms with van der Waals surface area (Å²) in [6.07, 6.45) is 5.93. The molecule has 1 aromatic heterocycles. The third kappa shape index (κ3) is 3.30. The van der Waals surface area contributed by atoms with Crippen molar-refractivity contribution in [1.29, 1.82) is 0 Å². The highest BCUT2D eigenvalue weighted by molar-refractivity contribution is 5.46. The summed E-state index contributed by atoms with van der Waals surface area (Å²) in [5, 5.41) is 3.41. The maximum absolute atomic E-state index is 5.23. The molecule has 1 fully saturated rings. The first kappa shape index (κ1) is 13.8. The summed E-state index contributed by atoms with van der Waals surface area (Å²) in [6, 6.07) is 5.11. The van der Waals surface area contributed by atoms with Crippen LogP contribution in [0.3, 0.4) is 0 Å². The maximum Gasteiger partial charge on any atom is 0.129 e. The number of pyridine rings is 1. The topological polar surface area (TPSA) is 37.4 Å². The minimum absolute atomic E-state index is 0.654. The van der Waals surface area contributed by atoms with E-state index in [1.54, 1.807) is 0 Å². The second-order valence-electron chi connectivity index (χ2n) is 5.97. The summed E-state index contributed by atoms with van der Waals surface area (Å²) in [4.78, 5) is 7.17. The molecule has 0 saturated carbocycles. The Morgan fingerprint density at radius 3 is 3.05 bits per heavy atom. The SMILES string of the molecule is CN(CCCCc1ccc2c(n1)NCCC2)C1COC1. The second kappa shape index (κ2) is 6.55. The lowest BCUT2D eigenvalue weighted by Crippen LogP contribution is -2.47. The van der Waals surface area contributed by atoms with E-state index in [0.29, 0.717) is 6.04 Å². The third-order valence-corrected chi connectivity index (χ3v) is 4.39. The zero-order valence-corrected chi connectivity index (χ0v) is 12.4. The molecule has 110 valence electrons. The number of hydrogen-bond donors (Lipinski definition) is 1. The van der Waals surface area contributed by atoms with Crippen molar-refractivity contribution in [3.63, 3.8) is 0 Å². The van der Waals surface area contributed by atoms with Crippen molar-refractivity contribution >= 4 is 5.82 Å². The van der Waals surface area contributed by atoms with Crippen molar-refractivity contribution in [3.05, 3.63) is 23.4 Å². The number of aromatic nitrogens is 1. The molecule has 3 heterocycles. The predicted octanol–water partition coefficient (Wildman–Crippen LogP) is 2.09. The maximum atomic E-state index is 5.23. The zero-order valence-electron chi connectivity index (χ0n) is 12.4. The molecular formula is C16H25N3O. The Kier molecular flexibility index (Phi) is 4.53. The van der Waals surface area contributed by atoms with Crippen LogP contribution in [0.2, 0.25) is 0 Å². The molecule has 2 aliphatic rings. The summed E-state index contributed by atoms with van der Waals surface area (Å²) in [6.45, 7) is 4.05. The van der Waals surface area contributed by atoms with Gasteiger partial charge in [0, 0.05) is 12.2 Å². The van der Waals surface area contributed by atoms with Crippen LogP contribution < -0.4 is 5.32 Å². The van der Waals surface area contributed by atoms with Gasteiger partial charge in [-0.15, -0.1) is 0 Å². The highest BCUT2D eigenvalue weighted by atomic mass is 16.5. The summed E-state index contributed by atoms with van der Waals surface area (Å²) in [5.74, 6) is 1.12. The lowest BCUT2D eigenvalue weighted by Gasteiger charge is -2.34. The van der Waals surface area contributed by atoms with Crippen LogP contribution in [0, 0.1) is 0 Å². The number of aryl methyl sites for hydroxylation is 2. The summed E-state index contributed by atoms with van der Waals surface area (Å²) < 4.78 is 5.23. The molecule has 3 rings (SSSR count). The van der Waals surface area contributed by atoms with E-state index >= 15 is 0 Å². The number of likely N-dealkylation sites (N-methyl/N-ethyl adjacent to an activating group) is 1. The molecule has 0 bridgehead atoms. The van der Waals surface area contributed by atoms with Crippen molar-refractivity contribution in [2.75, 3.05) is 38.7 Å². The molecule has 4 nitrogen and oxygen atoms in total. The average Bonchev–Trinajstić information content (AvgIpc) is 2.41. The van der Waals surface area contributed by atoms with Gasteiger partial charge in [-0.2, -0.15) is 0 Å². The molecule has 0 aromatic carbocycles. The number of nitrogens with zero attached hydrogens (tertiary/aromatic N) is 2. The van der Waals surface area contributed by atoms with Crippen LogP contribution >= 0.6 is 0 Å². The molecule has 0 spiro atoms. The minimum atomic E-state index is 0.654. The summed E-state index contributed by atoms with van der Waals surface area (Å²) >= 11 is 0. The van der Waals surface area contributed by atoms with Crippen LogP contribution in [0.25, 0.3) is 0 Å². The highest BCUT2D eigenvalue weighted by Gasteiger charge is 2.22. The van der Waals surface area contributed by atoms with E-state index in [2.05, 4.69) is 29.4 Å². The quantitative estimate of drug-likeness (QED) is 0.807. The largest absolute Gasteiger partial charge is 0.378 e. The zero-order chi connectivity index (χ0) is 13.8. The van der Waals surface area contributed by atoms with Crippen molar-refractivity contribution in [3.8, 4) is 0 Å². The molecule has 2 aliphatic heterocycles. The first-order valence-electron chi connectivity index (χ1n) is 7.83. The van der Waals surface area contributed by atoms with Gasteiger partial charge < -0.3 is 10.1 Å². The number of hydrogen-bond acceptors (Lipinski definition) is 4. The van der Waals surface area contributed by atoms with E-state index in [-0.39, 0.29) is 0 Å². The molecule has 0 radical (unpaired) electrons. The Balaban J connectivity index is 1.41. The van der Waals surface area contributed by atoms with Crippen LogP contribution in [0.5, 0.6) is 0 Å². The Morgan fingerprint density at radius 2 is 2.25 bits per heavy atom.